The molecule has 4 rings (SSSR count). The van der Waals surface area contributed by atoms with Crippen LogP contribution in [0.15, 0.2) is 24.4 Å². The third-order valence-corrected chi connectivity index (χ3v) is 5.94. The van der Waals surface area contributed by atoms with E-state index in [1.165, 1.54) is 11.3 Å². The molecule has 7 nitrogen and oxygen atoms in total. The number of carbonyl (C=O) groups is 1. The van der Waals surface area contributed by atoms with Gasteiger partial charge in [0, 0.05) is 37.8 Å². The standard InChI is InChI=1S/C18H22ClN5O2S/c19-15-11-21-18(27-15)23-16-3-1-2-13(22-16)12-4-7-24(8-5-12)17(25)14-10-20-6-9-26-14/h1-3,11-12,14,20H,4-10H2,(H,21,22,23)/t14-/m1/s1. The van der Waals surface area contributed by atoms with Crippen LogP contribution in [0.4, 0.5) is 10.9 Å². The van der Waals surface area contributed by atoms with E-state index < -0.39 is 0 Å². The van der Waals surface area contributed by atoms with Crippen LogP contribution in [0.3, 0.4) is 0 Å². The van der Waals surface area contributed by atoms with Crippen LogP contribution in [0, 0.1) is 0 Å². The molecule has 2 aliphatic rings. The SMILES string of the molecule is O=C([C@H]1CNCCO1)N1CCC(c2cccc(Nc3ncc(Cl)s3)n2)CC1. The largest absolute Gasteiger partial charge is 0.366 e. The second kappa shape index (κ2) is 8.52. The highest BCUT2D eigenvalue weighted by molar-refractivity contribution is 7.19. The van der Waals surface area contributed by atoms with Gasteiger partial charge in [-0.2, -0.15) is 0 Å². The monoisotopic (exact) mass is 407 g/mol. The normalized spacial score (nSPS) is 21.2. The number of pyridine rings is 1. The lowest BCUT2D eigenvalue weighted by Crippen LogP contribution is -2.51. The van der Waals surface area contributed by atoms with E-state index in [1.807, 2.05) is 17.0 Å². The molecule has 2 aromatic rings. The average Bonchev–Trinajstić information content (AvgIpc) is 3.13. The Morgan fingerprint density at radius 2 is 2.22 bits per heavy atom. The van der Waals surface area contributed by atoms with E-state index in [2.05, 4.69) is 21.7 Å². The number of morpholine rings is 1. The van der Waals surface area contributed by atoms with Gasteiger partial charge in [-0.25, -0.2) is 9.97 Å². The molecule has 2 N–H and O–H groups in total. The second-order valence-corrected chi connectivity index (χ2v) is 8.37. The van der Waals surface area contributed by atoms with Gasteiger partial charge in [-0.15, -0.1) is 0 Å². The van der Waals surface area contributed by atoms with Crippen molar-refractivity contribution in [1.82, 2.24) is 20.2 Å². The first kappa shape index (κ1) is 18.6. The van der Waals surface area contributed by atoms with E-state index >= 15 is 0 Å². The molecule has 0 radical (unpaired) electrons. The lowest BCUT2D eigenvalue weighted by Gasteiger charge is -2.35. The zero-order valence-electron chi connectivity index (χ0n) is 14.9. The summed E-state index contributed by atoms with van der Waals surface area (Å²) >= 11 is 7.31. The van der Waals surface area contributed by atoms with E-state index in [0.29, 0.717) is 23.4 Å². The summed E-state index contributed by atoms with van der Waals surface area (Å²) in [6.07, 6.45) is 3.10. The molecule has 1 atom stereocenters. The fourth-order valence-electron chi connectivity index (χ4n) is 3.49. The molecule has 1 amide bonds. The molecule has 2 fully saturated rings. The van der Waals surface area contributed by atoms with Crippen LogP contribution in [-0.4, -0.2) is 59.7 Å². The molecule has 2 aliphatic heterocycles. The first-order valence-corrected chi connectivity index (χ1v) is 10.3. The highest BCUT2D eigenvalue weighted by Crippen LogP contribution is 2.29. The Morgan fingerprint density at radius 3 is 2.93 bits per heavy atom. The van der Waals surface area contributed by atoms with E-state index in [9.17, 15) is 4.79 Å². The summed E-state index contributed by atoms with van der Waals surface area (Å²) < 4.78 is 6.23. The average molecular weight is 408 g/mol. The van der Waals surface area contributed by atoms with Gasteiger partial charge in [0.05, 0.1) is 12.8 Å². The molecule has 0 aliphatic carbocycles. The van der Waals surface area contributed by atoms with Crippen molar-refractivity contribution in [3.05, 3.63) is 34.4 Å². The smallest absolute Gasteiger partial charge is 0.253 e. The van der Waals surface area contributed by atoms with E-state index in [1.54, 1.807) is 6.20 Å². The molecule has 0 spiro atoms. The first-order valence-electron chi connectivity index (χ1n) is 9.15. The number of piperidine rings is 1. The molecule has 2 saturated heterocycles. The van der Waals surface area contributed by atoms with Gasteiger partial charge in [0.2, 0.25) is 0 Å². The molecular formula is C18H22ClN5O2S. The number of amides is 1. The molecule has 0 bridgehead atoms. The predicted octanol–water partition coefficient (Wildman–Crippen LogP) is 2.63. The maximum Gasteiger partial charge on any atom is 0.253 e. The summed E-state index contributed by atoms with van der Waals surface area (Å²) in [6.45, 7) is 3.50. The van der Waals surface area contributed by atoms with E-state index in [-0.39, 0.29) is 12.0 Å². The number of aromatic nitrogens is 2. The fourth-order valence-corrected chi connectivity index (χ4v) is 4.31. The van der Waals surface area contributed by atoms with Crippen molar-refractivity contribution in [3.63, 3.8) is 0 Å². The number of anilines is 2. The zero-order chi connectivity index (χ0) is 18.6. The third-order valence-electron chi connectivity index (χ3n) is 4.91. The summed E-state index contributed by atoms with van der Waals surface area (Å²) in [5.74, 6) is 1.21. The molecule has 4 heterocycles. The summed E-state index contributed by atoms with van der Waals surface area (Å²) in [7, 11) is 0. The van der Waals surface area contributed by atoms with Gasteiger partial charge in [0.25, 0.3) is 5.91 Å². The number of carbonyl (C=O) groups excluding carboxylic acids is 1. The highest BCUT2D eigenvalue weighted by atomic mass is 35.5. The quantitative estimate of drug-likeness (QED) is 0.811. The molecule has 27 heavy (non-hydrogen) atoms. The number of rotatable bonds is 4. The maximum absolute atomic E-state index is 12.6. The Kier molecular flexibility index (Phi) is 5.87. The zero-order valence-corrected chi connectivity index (χ0v) is 16.4. The van der Waals surface area contributed by atoms with Gasteiger partial charge in [0.1, 0.15) is 16.3 Å². The number of thiazole rings is 1. The Morgan fingerprint density at radius 1 is 1.37 bits per heavy atom. The third kappa shape index (κ3) is 4.57. The Bertz CT molecular complexity index is 788. The van der Waals surface area contributed by atoms with Gasteiger partial charge < -0.3 is 20.3 Å². The number of nitrogens with zero attached hydrogens (tertiary/aromatic N) is 3. The van der Waals surface area contributed by atoms with Crippen LogP contribution < -0.4 is 10.6 Å². The van der Waals surface area contributed by atoms with Crippen LogP contribution >= 0.6 is 22.9 Å². The lowest BCUT2D eigenvalue weighted by molar-refractivity contribution is -0.146. The number of hydrogen-bond donors (Lipinski definition) is 2. The minimum atomic E-state index is -0.342. The van der Waals surface area contributed by atoms with Crippen molar-refractivity contribution in [3.8, 4) is 0 Å². The van der Waals surface area contributed by atoms with Crippen molar-refractivity contribution in [2.24, 2.45) is 0 Å². The van der Waals surface area contributed by atoms with Crippen LogP contribution in [0.2, 0.25) is 4.34 Å². The van der Waals surface area contributed by atoms with Crippen LogP contribution in [-0.2, 0) is 9.53 Å². The van der Waals surface area contributed by atoms with Gasteiger partial charge >= 0.3 is 0 Å². The summed E-state index contributed by atoms with van der Waals surface area (Å²) in [5, 5.41) is 7.14. The molecule has 0 unspecified atom stereocenters. The van der Waals surface area contributed by atoms with Crippen molar-refractivity contribution in [2.45, 2.75) is 24.9 Å². The number of nitrogens with one attached hydrogen (secondary N) is 2. The van der Waals surface area contributed by atoms with Crippen LogP contribution in [0.1, 0.15) is 24.5 Å². The topological polar surface area (TPSA) is 79.4 Å². The van der Waals surface area contributed by atoms with Crippen LogP contribution in [0.25, 0.3) is 0 Å². The molecule has 0 aromatic carbocycles. The van der Waals surface area contributed by atoms with Gasteiger partial charge in [-0.1, -0.05) is 29.0 Å². The minimum absolute atomic E-state index is 0.102. The highest BCUT2D eigenvalue weighted by Gasteiger charge is 2.30. The van der Waals surface area contributed by atoms with Crippen molar-refractivity contribution in [1.29, 1.82) is 0 Å². The molecule has 2 aromatic heterocycles. The van der Waals surface area contributed by atoms with E-state index in [4.69, 9.17) is 21.3 Å². The first-order chi connectivity index (χ1) is 13.2. The maximum atomic E-state index is 12.6. The van der Waals surface area contributed by atoms with Gasteiger partial charge in [-0.05, 0) is 25.0 Å². The Labute approximate surface area is 167 Å². The fraction of sp³-hybridized carbons (Fsp3) is 0.500. The van der Waals surface area contributed by atoms with Crippen molar-refractivity contribution >= 4 is 39.8 Å². The number of likely N-dealkylation sites (tertiary alicyclic amines) is 1. The summed E-state index contributed by atoms with van der Waals surface area (Å²) in [4.78, 5) is 23.4. The Hall–Kier alpha value is -1.74. The molecule has 9 heteroatoms. The summed E-state index contributed by atoms with van der Waals surface area (Å²) in [5.41, 5.74) is 1.05. The van der Waals surface area contributed by atoms with Crippen molar-refractivity contribution < 1.29 is 9.53 Å². The minimum Gasteiger partial charge on any atom is -0.366 e. The Balaban J connectivity index is 1.35. The number of ether oxygens (including phenoxy) is 1. The van der Waals surface area contributed by atoms with Crippen molar-refractivity contribution in [2.75, 3.05) is 38.1 Å². The summed E-state index contributed by atoms with van der Waals surface area (Å²) in [6, 6.07) is 5.97. The second-order valence-electron chi connectivity index (χ2n) is 6.71. The predicted molar refractivity (Wildman–Crippen MR) is 106 cm³/mol. The number of hydrogen-bond acceptors (Lipinski definition) is 7. The van der Waals surface area contributed by atoms with E-state index in [0.717, 1.165) is 49.1 Å². The molecular weight excluding hydrogens is 386 g/mol. The van der Waals surface area contributed by atoms with Gasteiger partial charge in [0.15, 0.2) is 5.13 Å². The lowest BCUT2D eigenvalue weighted by atomic mass is 9.92. The molecule has 144 valence electrons. The van der Waals surface area contributed by atoms with Gasteiger partial charge in [-0.3, -0.25) is 4.79 Å². The van der Waals surface area contributed by atoms with Crippen LogP contribution in [0.5, 0.6) is 0 Å². The number of halogens is 1. The molecule has 0 saturated carbocycles.